The first kappa shape index (κ1) is 60.3. The summed E-state index contributed by atoms with van der Waals surface area (Å²) in [6, 6.07) is 0. The van der Waals surface area contributed by atoms with Crippen molar-refractivity contribution in [1.82, 2.24) is 0 Å². The van der Waals surface area contributed by atoms with Gasteiger partial charge in [-0.1, -0.05) is 182 Å². The van der Waals surface area contributed by atoms with Gasteiger partial charge in [0.1, 0.15) is 30.5 Å². The Bertz CT molecular complexity index is 1450. The van der Waals surface area contributed by atoms with E-state index < -0.39 is 59.8 Å². The number of allylic oxidation sites excluding steroid dienone is 14. The predicted octanol–water partition coefficient (Wildman–Crippen LogP) is 11.2. The Labute approximate surface area is 393 Å². The Morgan fingerprint density at radius 2 is 1.06 bits per heavy atom. The number of ether oxygens (including phenoxy) is 4. The zero-order valence-corrected chi connectivity index (χ0v) is 40.8. The molecule has 4 N–H and O–H groups in total. The van der Waals surface area contributed by atoms with Gasteiger partial charge in [0, 0.05) is 13.0 Å². The summed E-state index contributed by atoms with van der Waals surface area (Å²) in [5.74, 6) is -0.412. The zero-order chi connectivity index (χ0) is 47.5. The fourth-order valence-corrected chi connectivity index (χ4v) is 7.57. The van der Waals surface area contributed by atoms with E-state index in [9.17, 15) is 33.1 Å². The summed E-state index contributed by atoms with van der Waals surface area (Å²) in [5, 5.41) is 30.7. The van der Waals surface area contributed by atoms with E-state index in [1.807, 2.05) is 0 Å². The summed E-state index contributed by atoms with van der Waals surface area (Å²) in [6.45, 7) is 3.80. The Kier molecular flexibility index (Phi) is 39.5. The van der Waals surface area contributed by atoms with Crippen molar-refractivity contribution in [3.05, 3.63) is 85.1 Å². The van der Waals surface area contributed by atoms with Gasteiger partial charge in [0.2, 0.25) is 0 Å². The molecule has 0 aromatic heterocycles. The summed E-state index contributed by atoms with van der Waals surface area (Å²) in [7, 11) is -5.07. The van der Waals surface area contributed by atoms with Gasteiger partial charge in [0.05, 0.1) is 19.8 Å². The molecule has 0 radical (unpaired) electrons. The van der Waals surface area contributed by atoms with Crippen molar-refractivity contribution >= 4 is 16.4 Å². The van der Waals surface area contributed by atoms with Gasteiger partial charge in [-0.2, -0.15) is 8.42 Å². The lowest BCUT2D eigenvalue weighted by Gasteiger charge is -2.41. The molecule has 1 saturated heterocycles. The molecular weight excluding hydrogens is 849 g/mol. The highest BCUT2D eigenvalue weighted by molar-refractivity contribution is 7.80. The average Bonchev–Trinajstić information content (AvgIpc) is 3.28. The molecule has 65 heavy (non-hydrogen) atoms. The van der Waals surface area contributed by atoms with Crippen LogP contribution in [0.3, 0.4) is 0 Å². The quantitative estimate of drug-likeness (QED) is 0.0197. The summed E-state index contributed by atoms with van der Waals surface area (Å²) < 4.78 is 59.1. The normalized spacial score (nSPS) is 20.4. The predicted molar refractivity (Wildman–Crippen MR) is 262 cm³/mol. The largest absolute Gasteiger partial charge is 0.457 e. The first-order valence-electron chi connectivity index (χ1n) is 24.8. The first-order valence-corrected chi connectivity index (χ1v) is 26.2. The average molecular weight is 937 g/mol. The van der Waals surface area contributed by atoms with E-state index in [2.05, 4.69) is 103 Å². The van der Waals surface area contributed by atoms with Crippen molar-refractivity contribution in [1.29, 1.82) is 0 Å². The summed E-state index contributed by atoms with van der Waals surface area (Å²) in [6.07, 6.45) is 47.6. The molecule has 1 aliphatic heterocycles. The maximum absolute atomic E-state index is 12.8. The van der Waals surface area contributed by atoms with Crippen molar-refractivity contribution in [2.24, 2.45) is 0 Å². The van der Waals surface area contributed by atoms with Crippen molar-refractivity contribution in [3.8, 4) is 0 Å². The molecule has 6 atom stereocenters. The van der Waals surface area contributed by atoms with Crippen LogP contribution in [0, 0.1) is 0 Å². The minimum absolute atomic E-state index is 0.0152. The highest BCUT2D eigenvalue weighted by Gasteiger charge is 2.48. The lowest BCUT2D eigenvalue weighted by Crippen LogP contribution is -2.60. The fourth-order valence-electron chi connectivity index (χ4n) is 7.06. The van der Waals surface area contributed by atoms with Crippen LogP contribution >= 0.6 is 0 Å². The number of rotatable bonds is 42. The number of esters is 1. The van der Waals surface area contributed by atoms with Crippen LogP contribution in [-0.4, -0.2) is 97.5 Å². The number of aliphatic hydroxyl groups is 3. The second kappa shape index (κ2) is 42.6. The standard InChI is InChI=1S/C52H88O12S/c1-3-5-7-9-11-13-15-17-18-19-20-21-22-23-24-25-26-27-28-29-30-32-34-36-38-40-42-60-44-46(62-48(54)41-39-37-35-33-31-16-14-12-10-8-6-4-2)45-61-52-50(56)51(64-65(57,58)59)49(55)47(43-53)63-52/h5,7,11,13,17-18,20-21,23-24,26-27,29-30,46-47,49-53,55-56H,3-4,6,8-10,12,14-16,19,22,25,28,31-45H2,1-2H3,(H,57,58,59)/b7-5-,13-11-,18-17-,21-20-,24-23-,27-26-,30-29-. The molecule has 0 saturated carbocycles. The first-order chi connectivity index (χ1) is 31.6. The van der Waals surface area contributed by atoms with Crippen LogP contribution in [0.2, 0.25) is 0 Å². The van der Waals surface area contributed by atoms with Crippen LogP contribution in [-0.2, 0) is 38.3 Å². The van der Waals surface area contributed by atoms with E-state index in [4.69, 9.17) is 18.9 Å². The number of carbonyl (C=O) groups is 1. The zero-order valence-electron chi connectivity index (χ0n) is 40.0. The van der Waals surface area contributed by atoms with Crippen molar-refractivity contribution in [2.45, 2.75) is 211 Å². The molecule has 1 aliphatic rings. The van der Waals surface area contributed by atoms with Gasteiger partial charge in [-0.05, 0) is 70.6 Å². The lowest BCUT2D eigenvalue weighted by atomic mass is 9.99. The monoisotopic (exact) mass is 937 g/mol. The van der Waals surface area contributed by atoms with Crippen molar-refractivity contribution in [2.75, 3.05) is 26.4 Å². The molecule has 13 heteroatoms. The number of aliphatic hydroxyl groups excluding tert-OH is 3. The van der Waals surface area contributed by atoms with Gasteiger partial charge < -0.3 is 34.3 Å². The molecule has 0 aromatic rings. The van der Waals surface area contributed by atoms with E-state index in [-0.39, 0.29) is 19.6 Å². The molecular formula is C52H88O12S. The second-order valence-electron chi connectivity index (χ2n) is 16.7. The summed E-state index contributed by atoms with van der Waals surface area (Å²) >= 11 is 0. The molecule has 0 amide bonds. The maximum Gasteiger partial charge on any atom is 0.397 e. The Morgan fingerprint density at radius 3 is 1.55 bits per heavy atom. The van der Waals surface area contributed by atoms with Crippen molar-refractivity contribution in [3.63, 3.8) is 0 Å². The summed E-state index contributed by atoms with van der Waals surface area (Å²) in [5.41, 5.74) is 0. The van der Waals surface area contributed by atoms with Crippen LogP contribution in [0.4, 0.5) is 0 Å². The fraction of sp³-hybridized carbons (Fsp3) is 0.712. The third kappa shape index (κ3) is 36.1. The van der Waals surface area contributed by atoms with Crippen LogP contribution in [0.15, 0.2) is 85.1 Å². The molecule has 0 spiro atoms. The molecule has 374 valence electrons. The van der Waals surface area contributed by atoms with E-state index in [0.717, 1.165) is 96.3 Å². The van der Waals surface area contributed by atoms with Gasteiger partial charge in [-0.15, -0.1) is 0 Å². The second-order valence-corrected chi connectivity index (χ2v) is 17.7. The van der Waals surface area contributed by atoms with E-state index in [1.54, 1.807) is 0 Å². The smallest absolute Gasteiger partial charge is 0.397 e. The lowest BCUT2D eigenvalue weighted by molar-refractivity contribution is -0.301. The Hall–Kier alpha value is -2.72. The molecule has 6 unspecified atom stereocenters. The van der Waals surface area contributed by atoms with E-state index in [0.29, 0.717) is 13.0 Å². The minimum atomic E-state index is -5.07. The maximum atomic E-state index is 12.8. The highest BCUT2D eigenvalue weighted by atomic mass is 32.3. The summed E-state index contributed by atoms with van der Waals surface area (Å²) in [4.78, 5) is 12.8. The Morgan fingerprint density at radius 1 is 0.600 bits per heavy atom. The third-order valence-corrected chi connectivity index (χ3v) is 11.2. The van der Waals surface area contributed by atoms with Gasteiger partial charge in [0.25, 0.3) is 0 Å². The molecule has 0 bridgehead atoms. The number of hydrogen-bond donors (Lipinski definition) is 4. The van der Waals surface area contributed by atoms with Gasteiger partial charge in [-0.3, -0.25) is 9.35 Å². The Balaban J connectivity index is 2.37. The molecule has 0 aliphatic carbocycles. The molecule has 12 nitrogen and oxygen atoms in total. The van der Waals surface area contributed by atoms with Gasteiger partial charge >= 0.3 is 16.4 Å². The van der Waals surface area contributed by atoms with Crippen LogP contribution in [0.25, 0.3) is 0 Å². The number of carbonyl (C=O) groups excluding carboxylic acids is 1. The third-order valence-electron chi connectivity index (χ3n) is 10.8. The minimum Gasteiger partial charge on any atom is -0.457 e. The van der Waals surface area contributed by atoms with Gasteiger partial charge in [-0.25, -0.2) is 4.18 Å². The number of unbranched alkanes of at least 4 members (excludes halogenated alkanes) is 15. The van der Waals surface area contributed by atoms with Crippen molar-refractivity contribution < 1.29 is 56.2 Å². The van der Waals surface area contributed by atoms with Crippen LogP contribution < -0.4 is 0 Å². The number of hydrogen-bond acceptors (Lipinski definition) is 11. The van der Waals surface area contributed by atoms with Crippen LogP contribution in [0.5, 0.6) is 0 Å². The highest BCUT2D eigenvalue weighted by Crippen LogP contribution is 2.26. The molecule has 1 fully saturated rings. The molecule has 1 rings (SSSR count). The molecule has 1 heterocycles. The molecule has 0 aromatic carbocycles. The van der Waals surface area contributed by atoms with E-state index >= 15 is 0 Å². The van der Waals surface area contributed by atoms with E-state index in [1.165, 1.54) is 51.4 Å². The topological polar surface area (TPSA) is 178 Å². The van der Waals surface area contributed by atoms with Crippen LogP contribution in [0.1, 0.15) is 174 Å². The SMILES string of the molecule is CC/C=C\C/C=C\C/C=C\C/C=C\C/C=C\C/C=C\C/C=C\CCCCCCOCC(COC1OC(CO)C(O)C(OS(=O)(=O)O)C1O)OC(=O)CCCCCCCCCCCCCC. The van der Waals surface area contributed by atoms with Gasteiger partial charge in [0.15, 0.2) is 6.29 Å².